The van der Waals surface area contributed by atoms with Gasteiger partial charge in [0.25, 0.3) is 11.8 Å². The van der Waals surface area contributed by atoms with Crippen LogP contribution in [0.15, 0.2) is 53.7 Å². The number of piperidine rings is 2. The lowest BCUT2D eigenvalue weighted by Gasteiger charge is -2.43. The fourth-order valence-electron chi connectivity index (χ4n) is 9.72. The van der Waals surface area contributed by atoms with Crippen molar-refractivity contribution in [1.82, 2.24) is 29.9 Å². The van der Waals surface area contributed by atoms with Crippen LogP contribution in [0.25, 0.3) is 11.3 Å². The van der Waals surface area contributed by atoms with Crippen molar-refractivity contribution in [3.05, 3.63) is 82.7 Å². The third-order valence-corrected chi connectivity index (χ3v) is 13.4. The molecule has 2 aromatic heterocycles. The number of nitrogens with one attached hydrogen (secondary N) is 2. The van der Waals surface area contributed by atoms with Crippen LogP contribution in [-0.4, -0.2) is 113 Å². The van der Waals surface area contributed by atoms with E-state index in [1.807, 2.05) is 53.9 Å². The average Bonchev–Trinajstić information content (AvgIpc) is 3.79. The predicted octanol–water partition coefficient (Wildman–Crippen LogP) is 5.89. The zero-order valence-electron chi connectivity index (χ0n) is 36.7. The fourth-order valence-corrected chi connectivity index (χ4v) is 9.72. The number of carbonyl (C=O) groups is 4. The van der Waals surface area contributed by atoms with Crippen LogP contribution in [0.4, 0.5) is 25.8 Å². The second kappa shape index (κ2) is 17.7. The Kier molecular flexibility index (Phi) is 11.9. The number of ether oxygens (including phenoxy) is 1. The summed E-state index contributed by atoms with van der Waals surface area (Å²) in [6.07, 6.45) is 6.13. The van der Waals surface area contributed by atoms with Gasteiger partial charge in [-0.15, -0.1) is 0 Å². The van der Waals surface area contributed by atoms with Crippen LogP contribution >= 0.6 is 0 Å². The molecule has 2 aromatic carbocycles. The van der Waals surface area contributed by atoms with Crippen molar-refractivity contribution >= 4 is 46.7 Å². The number of nitrogens with zero attached hydrogens (tertiary/aromatic N) is 8. The minimum absolute atomic E-state index is 0.0506. The predicted molar refractivity (Wildman–Crippen MR) is 238 cm³/mol. The molecule has 2 atom stereocenters. The molecule has 2 N–H and O–H groups in total. The fraction of sp³-hybridized carbons (Fsp3) is 0.468. The molecule has 0 unspecified atom stereocenters. The van der Waals surface area contributed by atoms with Gasteiger partial charge in [0.15, 0.2) is 0 Å². The van der Waals surface area contributed by atoms with Crippen LogP contribution in [0.1, 0.15) is 89.8 Å². The molecule has 336 valence electrons. The van der Waals surface area contributed by atoms with Crippen molar-refractivity contribution in [2.75, 3.05) is 68.0 Å². The van der Waals surface area contributed by atoms with E-state index in [2.05, 4.69) is 37.5 Å². The molecule has 64 heavy (non-hydrogen) atoms. The van der Waals surface area contributed by atoms with Crippen LogP contribution < -0.4 is 25.2 Å². The first-order valence-electron chi connectivity index (χ1n) is 22.3. The summed E-state index contributed by atoms with van der Waals surface area (Å²) in [6.45, 7) is 9.07. The molecule has 3 fully saturated rings. The largest absolute Gasteiger partial charge is 0.477 e. The van der Waals surface area contributed by atoms with Crippen molar-refractivity contribution in [3.8, 4) is 17.1 Å². The number of benzene rings is 2. The number of aryl methyl sites for hydroxylation is 2. The second-order valence-electron chi connectivity index (χ2n) is 18.0. The molecule has 4 amide bonds. The van der Waals surface area contributed by atoms with E-state index in [1.165, 1.54) is 12.1 Å². The van der Waals surface area contributed by atoms with Crippen molar-refractivity contribution in [3.63, 3.8) is 0 Å². The molecule has 17 heteroatoms. The number of hydrogen-bond donors (Lipinski definition) is 2. The maximum atomic E-state index is 15.1. The molecule has 0 saturated carbocycles. The molecule has 7 heterocycles. The lowest BCUT2D eigenvalue weighted by molar-refractivity contribution is -0.134. The number of aromatic nitrogens is 3. The number of carbonyl (C=O) groups excluding carboxylic acids is 4. The van der Waals surface area contributed by atoms with E-state index in [9.17, 15) is 19.2 Å². The highest BCUT2D eigenvalue weighted by Gasteiger charge is 2.36. The third kappa shape index (κ3) is 8.69. The Morgan fingerprint density at radius 1 is 0.969 bits per heavy atom. The average molecular weight is 877 g/mol. The van der Waals surface area contributed by atoms with Gasteiger partial charge in [0.05, 0.1) is 41.4 Å². The van der Waals surface area contributed by atoms with E-state index >= 15 is 8.78 Å². The minimum atomic E-state index is -1.02. The number of halogens is 2. The molecule has 9 rings (SSSR count). The maximum absolute atomic E-state index is 15.1. The smallest absolute Gasteiger partial charge is 0.280 e. The molecule has 0 spiro atoms. The summed E-state index contributed by atoms with van der Waals surface area (Å²) in [5.41, 5.74) is 4.68. The van der Waals surface area contributed by atoms with Gasteiger partial charge >= 0.3 is 0 Å². The number of imide groups is 1. The second-order valence-corrected chi connectivity index (χ2v) is 18.0. The lowest BCUT2D eigenvalue weighted by Crippen LogP contribution is -2.49. The number of anilines is 3. The van der Waals surface area contributed by atoms with E-state index in [4.69, 9.17) is 4.74 Å². The zero-order valence-corrected chi connectivity index (χ0v) is 36.7. The molecule has 2 bridgehead atoms. The van der Waals surface area contributed by atoms with E-state index in [0.29, 0.717) is 77.8 Å². The molecule has 0 radical (unpaired) electrons. The lowest BCUT2D eigenvalue weighted by atomic mass is 9.89. The van der Waals surface area contributed by atoms with Gasteiger partial charge in [-0.3, -0.25) is 29.5 Å². The normalized spacial score (nSPS) is 21.8. The van der Waals surface area contributed by atoms with Gasteiger partial charge in [-0.1, -0.05) is 6.92 Å². The van der Waals surface area contributed by atoms with Crippen molar-refractivity contribution in [2.24, 2.45) is 23.9 Å². The summed E-state index contributed by atoms with van der Waals surface area (Å²) >= 11 is 0. The van der Waals surface area contributed by atoms with Crippen molar-refractivity contribution in [2.45, 2.75) is 70.8 Å². The zero-order chi connectivity index (χ0) is 44.8. The number of pyridine rings is 1. The summed E-state index contributed by atoms with van der Waals surface area (Å²) < 4.78 is 38.2. The SMILES string of the molecule is Cc1cc2cc(n1)-c1cnn(C)c1OCCC[C@@H](C)CN1/C(=N/C2=O)Nc2ccc(C(=O)N(C)C3CCN(CCC4CN(c5cc(F)c([C@H]6CCC(=O)NC6=O)c(F)c5)C4)CC3)cc21. The van der Waals surface area contributed by atoms with Gasteiger partial charge in [0.1, 0.15) is 11.6 Å². The topological polar surface area (TPSA) is 158 Å². The summed E-state index contributed by atoms with van der Waals surface area (Å²) in [5, 5.41) is 9.93. The molecular weight excluding hydrogens is 823 g/mol. The standard InChI is InChI=1S/C47H54F2N10O5/c1-27-6-5-17-64-46-35(23-50-56(46)4)39-19-31(18-28(2)51-39)43(61)54-47-52-38-9-7-30(20-40(38)59(47)24-27)45(63)55(3)32-12-15-57(16-13-32)14-11-29-25-58(26-29)33-21-36(48)42(37(49)22-33)34-8-10-41(60)53-44(34)62/h7,9,18-23,27,29,32,34H,5-6,8,10-17,24-26H2,1-4H3,(H,52,54,61)(H,53,60,62)/t27-,34-/m1/s1. The molecule has 0 aliphatic carbocycles. The molecule has 15 nitrogen and oxygen atoms in total. The first kappa shape index (κ1) is 43.0. The number of fused-ring (bicyclic) bond motifs is 7. The summed E-state index contributed by atoms with van der Waals surface area (Å²) in [5.74, 6) is -2.51. The quantitative estimate of drug-likeness (QED) is 0.214. The summed E-state index contributed by atoms with van der Waals surface area (Å²) in [6, 6.07) is 11.7. The minimum Gasteiger partial charge on any atom is -0.477 e. The highest BCUT2D eigenvalue weighted by Crippen LogP contribution is 2.38. The van der Waals surface area contributed by atoms with Gasteiger partial charge in [0, 0.05) is 87.4 Å². The Morgan fingerprint density at radius 3 is 2.48 bits per heavy atom. The van der Waals surface area contributed by atoms with Crippen LogP contribution in [0.2, 0.25) is 0 Å². The van der Waals surface area contributed by atoms with Gasteiger partial charge < -0.3 is 29.7 Å². The number of amides is 4. The first-order valence-corrected chi connectivity index (χ1v) is 22.3. The van der Waals surface area contributed by atoms with E-state index in [1.54, 1.807) is 23.0 Å². The Hall–Kier alpha value is -6.23. The summed E-state index contributed by atoms with van der Waals surface area (Å²) in [4.78, 5) is 69.3. The van der Waals surface area contributed by atoms with Gasteiger partial charge in [-0.25, -0.2) is 13.5 Å². The van der Waals surface area contributed by atoms with E-state index < -0.39 is 35.3 Å². The molecule has 5 aliphatic heterocycles. The third-order valence-electron chi connectivity index (χ3n) is 13.4. The number of hydrogen-bond acceptors (Lipinski definition) is 11. The van der Waals surface area contributed by atoms with Crippen molar-refractivity contribution in [1.29, 1.82) is 0 Å². The Bertz CT molecular complexity index is 2510. The molecule has 3 saturated heterocycles. The van der Waals surface area contributed by atoms with Gasteiger partial charge in [0.2, 0.25) is 23.7 Å². The summed E-state index contributed by atoms with van der Waals surface area (Å²) in [7, 11) is 3.70. The van der Waals surface area contributed by atoms with Crippen LogP contribution in [0.5, 0.6) is 5.88 Å². The number of guanidine groups is 1. The Morgan fingerprint density at radius 2 is 1.73 bits per heavy atom. The number of likely N-dealkylation sites (tertiary alicyclic amines) is 1. The van der Waals surface area contributed by atoms with Crippen molar-refractivity contribution < 1.29 is 32.7 Å². The highest BCUT2D eigenvalue weighted by molar-refractivity contribution is 6.19. The first-order chi connectivity index (χ1) is 30.8. The molecule has 4 aromatic rings. The van der Waals surface area contributed by atoms with Gasteiger partial charge in [-0.2, -0.15) is 10.1 Å². The Labute approximate surface area is 370 Å². The maximum Gasteiger partial charge on any atom is 0.280 e. The highest BCUT2D eigenvalue weighted by atomic mass is 19.1. The number of rotatable bonds is 7. The van der Waals surface area contributed by atoms with Crippen LogP contribution in [0, 0.1) is 30.4 Å². The van der Waals surface area contributed by atoms with Crippen LogP contribution in [-0.2, 0) is 16.6 Å². The van der Waals surface area contributed by atoms with Crippen LogP contribution in [0.3, 0.4) is 0 Å². The molecular formula is C47H54F2N10O5. The molecule has 5 aliphatic rings. The van der Waals surface area contributed by atoms with E-state index in [0.717, 1.165) is 63.1 Å². The monoisotopic (exact) mass is 876 g/mol. The van der Waals surface area contributed by atoms with E-state index in [-0.39, 0.29) is 36.3 Å². The van der Waals surface area contributed by atoms with Gasteiger partial charge in [-0.05, 0) is 106 Å². The number of aliphatic imine (C=N–C) groups is 1. The Balaban J connectivity index is 0.803.